The van der Waals surface area contributed by atoms with Crippen molar-refractivity contribution in [2.45, 2.75) is 42.0 Å². The van der Waals surface area contributed by atoms with E-state index >= 15 is 0 Å². The first-order valence-electron chi connectivity index (χ1n) is 10.2. The van der Waals surface area contributed by atoms with Crippen LogP contribution in [0.2, 0.25) is 0 Å². The van der Waals surface area contributed by atoms with Crippen LogP contribution in [0.1, 0.15) is 32.2 Å². The fourth-order valence-corrected chi connectivity index (χ4v) is 5.05. The van der Waals surface area contributed by atoms with E-state index in [1.54, 1.807) is 18.0 Å². The summed E-state index contributed by atoms with van der Waals surface area (Å²) in [6.07, 6.45) is 4.68. The number of benzene rings is 2. The third-order valence-corrected chi connectivity index (χ3v) is 6.85. The highest BCUT2D eigenvalue weighted by Crippen LogP contribution is 2.47. The largest absolute Gasteiger partial charge is 0.339 e. The Kier molecular flexibility index (Phi) is 4.79. The van der Waals surface area contributed by atoms with Crippen LogP contribution in [-0.4, -0.2) is 22.2 Å². The monoisotopic (exact) mass is 404 g/mol. The van der Waals surface area contributed by atoms with E-state index in [0.29, 0.717) is 24.9 Å². The Morgan fingerprint density at radius 1 is 1.10 bits per heavy atom. The number of anilines is 3. The van der Waals surface area contributed by atoms with Crippen molar-refractivity contribution in [2.75, 3.05) is 16.8 Å². The zero-order chi connectivity index (χ0) is 19.8. The Morgan fingerprint density at radius 2 is 1.76 bits per heavy atom. The van der Waals surface area contributed by atoms with Crippen LogP contribution in [0.5, 0.6) is 0 Å². The summed E-state index contributed by atoms with van der Waals surface area (Å²) in [7, 11) is 0. The number of carbonyl (C=O) groups is 1. The van der Waals surface area contributed by atoms with E-state index in [-0.39, 0.29) is 5.91 Å². The molecule has 1 unspecified atom stereocenters. The number of rotatable bonds is 6. The summed E-state index contributed by atoms with van der Waals surface area (Å²) >= 11 is 1.78. The van der Waals surface area contributed by atoms with Crippen molar-refractivity contribution in [2.24, 2.45) is 5.92 Å². The molecule has 0 radical (unpaired) electrons. The SMILES string of the molecule is CC(C1CC1)n1nccc1NC(=O)CCN1c2ccccc2Sc2ccccc21. The Morgan fingerprint density at radius 3 is 2.41 bits per heavy atom. The molecule has 5 rings (SSSR count). The lowest BCUT2D eigenvalue weighted by molar-refractivity contribution is -0.116. The molecule has 1 fully saturated rings. The highest BCUT2D eigenvalue weighted by Gasteiger charge is 2.31. The van der Waals surface area contributed by atoms with Crippen molar-refractivity contribution in [3.8, 4) is 0 Å². The standard InChI is InChI=1S/C23H24N4OS/c1-16(17-10-11-17)27-22(12-14-24-27)25-23(28)13-15-26-18-6-2-4-8-20(18)29-21-9-5-3-7-19(21)26/h2-9,12,14,16-17H,10-11,13,15H2,1H3,(H,25,28). The van der Waals surface area contributed by atoms with Gasteiger partial charge in [-0.05, 0) is 49.9 Å². The van der Waals surface area contributed by atoms with Crippen LogP contribution < -0.4 is 10.2 Å². The Balaban J connectivity index is 1.31. The highest BCUT2D eigenvalue weighted by molar-refractivity contribution is 7.99. The molecule has 1 aliphatic carbocycles. The van der Waals surface area contributed by atoms with Gasteiger partial charge in [-0.3, -0.25) is 4.79 Å². The maximum atomic E-state index is 12.8. The number of hydrogen-bond acceptors (Lipinski definition) is 4. The van der Waals surface area contributed by atoms with Crippen LogP contribution >= 0.6 is 11.8 Å². The zero-order valence-corrected chi connectivity index (χ0v) is 17.2. The number of amides is 1. The van der Waals surface area contributed by atoms with Crippen molar-refractivity contribution >= 4 is 34.9 Å². The number of para-hydroxylation sites is 2. The lowest BCUT2D eigenvalue weighted by atomic mass is 10.2. The van der Waals surface area contributed by atoms with E-state index in [9.17, 15) is 4.79 Å². The first kappa shape index (κ1) is 18.3. The second kappa shape index (κ2) is 7.59. The molecule has 148 valence electrons. The smallest absolute Gasteiger partial charge is 0.227 e. The number of nitrogens with zero attached hydrogens (tertiary/aromatic N) is 3. The molecule has 2 aromatic carbocycles. The topological polar surface area (TPSA) is 50.2 Å². The summed E-state index contributed by atoms with van der Waals surface area (Å²) in [5.41, 5.74) is 2.33. The average Bonchev–Trinajstić information content (AvgIpc) is 3.50. The molecule has 6 heteroatoms. The molecule has 29 heavy (non-hydrogen) atoms. The number of fused-ring (bicyclic) bond motifs is 2. The van der Waals surface area contributed by atoms with Crippen molar-refractivity contribution in [1.29, 1.82) is 0 Å². The van der Waals surface area contributed by atoms with Gasteiger partial charge >= 0.3 is 0 Å². The first-order chi connectivity index (χ1) is 14.2. The van der Waals surface area contributed by atoms with Gasteiger partial charge in [-0.15, -0.1) is 0 Å². The van der Waals surface area contributed by atoms with E-state index in [0.717, 1.165) is 17.2 Å². The molecule has 5 nitrogen and oxygen atoms in total. The minimum Gasteiger partial charge on any atom is -0.339 e. The second-order valence-electron chi connectivity index (χ2n) is 7.73. The minimum atomic E-state index is 0.0166. The van der Waals surface area contributed by atoms with Gasteiger partial charge in [0.05, 0.1) is 23.6 Å². The predicted molar refractivity (Wildman–Crippen MR) is 117 cm³/mol. The van der Waals surface area contributed by atoms with Gasteiger partial charge in [0.15, 0.2) is 0 Å². The quantitative estimate of drug-likeness (QED) is 0.591. The number of carbonyl (C=O) groups excluding carboxylic acids is 1. The van der Waals surface area contributed by atoms with Crippen LogP contribution in [0, 0.1) is 5.92 Å². The molecule has 0 bridgehead atoms. The van der Waals surface area contributed by atoms with E-state index < -0.39 is 0 Å². The van der Waals surface area contributed by atoms with E-state index in [1.807, 2.05) is 10.7 Å². The molecule has 1 saturated carbocycles. The van der Waals surface area contributed by atoms with Crippen LogP contribution in [0.4, 0.5) is 17.2 Å². The van der Waals surface area contributed by atoms with Gasteiger partial charge in [0.1, 0.15) is 5.82 Å². The van der Waals surface area contributed by atoms with E-state index in [1.165, 1.54) is 22.6 Å². The molecule has 1 atom stereocenters. The highest BCUT2D eigenvalue weighted by atomic mass is 32.2. The van der Waals surface area contributed by atoms with Crippen molar-refractivity contribution in [3.05, 3.63) is 60.8 Å². The van der Waals surface area contributed by atoms with Gasteiger partial charge in [-0.2, -0.15) is 5.10 Å². The van der Waals surface area contributed by atoms with Gasteiger partial charge in [-0.25, -0.2) is 4.68 Å². The Hall–Kier alpha value is -2.73. The van der Waals surface area contributed by atoms with Crippen LogP contribution in [0.25, 0.3) is 0 Å². The van der Waals surface area contributed by atoms with Gasteiger partial charge in [-0.1, -0.05) is 36.0 Å². The molecule has 1 aliphatic heterocycles. The molecule has 1 amide bonds. The fraction of sp³-hybridized carbons (Fsp3) is 0.304. The second-order valence-corrected chi connectivity index (χ2v) is 8.81. The van der Waals surface area contributed by atoms with Crippen LogP contribution in [-0.2, 0) is 4.79 Å². The fourth-order valence-electron chi connectivity index (χ4n) is 3.96. The number of aromatic nitrogens is 2. The third-order valence-electron chi connectivity index (χ3n) is 5.72. The minimum absolute atomic E-state index is 0.0166. The zero-order valence-electron chi connectivity index (χ0n) is 16.4. The molecule has 2 heterocycles. The first-order valence-corrected chi connectivity index (χ1v) is 11.0. The number of nitrogens with one attached hydrogen (secondary N) is 1. The molecule has 3 aromatic rings. The molecule has 0 saturated heterocycles. The summed E-state index contributed by atoms with van der Waals surface area (Å²) in [6.45, 7) is 2.81. The Bertz CT molecular complexity index is 997. The molecular formula is C23H24N4OS. The molecular weight excluding hydrogens is 380 g/mol. The lowest BCUT2D eigenvalue weighted by Gasteiger charge is -2.32. The van der Waals surface area contributed by atoms with Gasteiger partial charge < -0.3 is 10.2 Å². The van der Waals surface area contributed by atoms with E-state index in [4.69, 9.17) is 0 Å². The number of hydrogen-bond donors (Lipinski definition) is 1. The molecule has 0 spiro atoms. The molecule has 1 aromatic heterocycles. The van der Waals surface area contributed by atoms with Crippen molar-refractivity contribution in [3.63, 3.8) is 0 Å². The summed E-state index contributed by atoms with van der Waals surface area (Å²) in [4.78, 5) is 17.5. The Labute approximate surface area is 175 Å². The van der Waals surface area contributed by atoms with Crippen molar-refractivity contribution in [1.82, 2.24) is 9.78 Å². The van der Waals surface area contributed by atoms with E-state index in [2.05, 4.69) is 70.8 Å². The maximum Gasteiger partial charge on any atom is 0.227 e. The summed E-state index contributed by atoms with van der Waals surface area (Å²) in [5, 5.41) is 7.50. The predicted octanol–water partition coefficient (Wildman–Crippen LogP) is 5.49. The van der Waals surface area contributed by atoms with Gasteiger partial charge in [0.2, 0.25) is 5.91 Å². The van der Waals surface area contributed by atoms with Crippen LogP contribution in [0.15, 0.2) is 70.6 Å². The van der Waals surface area contributed by atoms with Crippen molar-refractivity contribution < 1.29 is 4.79 Å². The molecule has 2 aliphatic rings. The van der Waals surface area contributed by atoms with Gasteiger partial charge in [0.25, 0.3) is 0 Å². The molecule has 1 N–H and O–H groups in total. The summed E-state index contributed by atoms with van der Waals surface area (Å²) in [6, 6.07) is 19.0. The van der Waals surface area contributed by atoms with Gasteiger partial charge in [0, 0.05) is 28.8 Å². The normalized spacial score (nSPS) is 16.1. The summed E-state index contributed by atoms with van der Waals surface area (Å²) in [5.74, 6) is 1.50. The average molecular weight is 405 g/mol. The summed E-state index contributed by atoms with van der Waals surface area (Å²) < 4.78 is 1.96. The lowest BCUT2D eigenvalue weighted by Crippen LogP contribution is -2.26. The third kappa shape index (κ3) is 3.65. The van der Waals surface area contributed by atoms with Crippen LogP contribution in [0.3, 0.4) is 0 Å². The maximum absolute atomic E-state index is 12.8.